The van der Waals surface area contributed by atoms with Gasteiger partial charge in [-0.25, -0.2) is 0 Å². The van der Waals surface area contributed by atoms with Gasteiger partial charge in [0.1, 0.15) is 0 Å². The van der Waals surface area contributed by atoms with Gasteiger partial charge in [0.2, 0.25) is 0 Å². The number of hydrogen-bond acceptors (Lipinski definition) is 2. The maximum atomic E-state index is 2.38. The Bertz CT molecular complexity index is 1080. The van der Waals surface area contributed by atoms with Crippen molar-refractivity contribution in [1.29, 1.82) is 0 Å². The fourth-order valence-corrected chi connectivity index (χ4v) is 4.37. The summed E-state index contributed by atoms with van der Waals surface area (Å²) < 4.78 is 0. The van der Waals surface area contributed by atoms with Crippen molar-refractivity contribution in [3.8, 4) is 0 Å². The highest BCUT2D eigenvalue weighted by atomic mass is 15.1. The Hall–Kier alpha value is -3.26. The van der Waals surface area contributed by atoms with E-state index in [2.05, 4.69) is 136 Å². The van der Waals surface area contributed by atoms with Crippen molar-refractivity contribution >= 4 is 22.5 Å². The predicted molar refractivity (Wildman–Crippen MR) is 147 cm³/mol. The lowest BCUT2D eigenvalue weighted by atomic mass is 9.92. The lowest BCUT2D eigenvalue weighted by molar-refractivity contribution is 0.866. The third kappa shape index (κ3) is 5.57. The first-order valence-corrected chi connectivity index (χ1v) is 12.2. The zero-order valence-electron chi connectivity index (χ0n) is 21.1. The molecule has 0 bridgehead atoms. The summed E-state index contributed by atoms with van der Waals surface area (Å²) in [6.07, 6.45) is 4.43. The highest BCUT2D eigenvalue weighted by Gasteiger charge is 2.10. The molecule has 3 aromatic rings. The molecule has 0 saturated carbocycles. The Balaban J connectivity index is 1.91. The first-order chi connectivity index (χ1) is 16.1. The topological polar surface area (TPSA) is 6.48 Å². The van der Waals surface area contributed by atoms with Gasteiger partial charge in [-0.05, 0) is 98.4 Å². The van der Waals surface area contributed by atoms with Crippen LogP contribution in [-0.4, -0.2) is 26.7 Å². The van der Waals surface area contributed by atoms with Gasteiger partial charge >= 0.3 is 0 Å². The number of nitrogens with zero attached hydrogens (tertiary/aromatic N) is 2. The quantitative estimate of drug-likeness (QED) is 0.335. The molecule has 0 spiro atoms. The maximum absolute atomic E-state index is 2.38. The summed E-state index contributed by atoms with van der Waals surface area (Å²) in [5.74, 6) is 0. The summed E-state index contributed by atoms with van der Waals surface area (Å²) in [7, 11) is 2.13. The summed E-state index contributed by atoms with van der Waals surface area (Å²) in [5, 5.41) is 0. The van der Waals surface area contributed by atoms with Gasteiger partial charge in [-0.15, -0.1) is 0 Å². The predicted octanol–water partition coefficient (Wildman–Crippen LogP) is 7.89. The molecule has 0 N–H and O–H groups in total. The number of rotatable bonds is 9. The highest BCUT2D eigenvalue weighted by molar-refractivity contribution is 5.85. The van der Waals surface area contributed by atoms with E-state index in [1.165, 1.54) is 44.8 Å². The molecule has 0 atom stereocenters. The summed E-state index contributed by atoms with van der Waals surface area (Å²) in [4.78, 5) is 4.63. The van der Waals surface area contributed by atoms with Crippen LogP contribution in [0.1, 0.15) is 56.9 Å². The van der Waals surface area contributed by atoms with Crippen molar-refractivity contribution < 1.29 is 0 Å². The maximum Gasteiger partial charge on any atom is 0.0366 e. The molecule has 3 aromatic carbocycles. The van der Waals surface area contributed by atoms with Crippen molar-refractivity contribution in [3.05, 3.63) is 107 Å². The normalized spacial score (nSPS) is 12.1. The number of anilines is 2. The summed E-state index contributed by atoms with van der Waals surface area (Å²) in [6.45, 7) is 13.9. The van der Waals surface area contributed by atoms with Gasteiger partial charge in [0.15, 0.2) is 0 Å². The SMILES string of the molecule is C/C=C(/c1ccc(N(CC)CC)cc1)c1cccc(/C(=C/C)c2ccc(N(C)CC)cc2)c1. The third-order valence-corrected chi connectivity index (χ3v) is 6.46. The molecule has 3 rings (SSSR count). The molecule has 172 valence electrons. The Labute approximate surface area is 200 Å². The lowest BCUT2D eigenvalue weighted by Gasteiger charge is -2.21. The van der Waals surface area contributed by atoms with Crippen LogP contribution in [0.25, 0.3) is 11.1 Å². The first-order valence-electron chi connectivity index (χ1n) is 12.2. The van der Waals surface area contributed by atoms with E-state index in [1.54, 1.807) is 0 Å². The number of benzene rings is 3. The summed E-state index contributed by atoms with van der Waals surface area (Å²) >= 11 is 0. The highest BCUT2D eigenvalue weighted by Crippen LogP contribution is 2.30. The standard InChI is InChI=1S/C31H38N2/c1-7-30(24-15-19-28(20-16-24)32(6)9-3)26-13-12-14-27(23-26)31(8-2)25-17-21-29(22-18-25)33(10-4)11-5/h7-8,12-23H,9-11H2,1-6H3/b30-7+,31-8-. The zero-order chi connectivity index (χ0) is 23.8. The van der Waals surface area contributed by atoms with Gasteiger partial charge in [0, 0.05) is 38.1 Å². The van der Waals surface area contributed by atoms with Crippen molar-refractivity contribution in [2.45, 2.75) is 34.6 Å². The average Bonchev–Trinajstić information content (AvgIpc) is 2.87. The van der Waals surface area contributed by atoms with Crippen LogP contribution in [-0.2, 0) is 0 Å². The van der Waals surface area contributed by atoms with Crippen LogP contribution in [0.15, 0.2) is 84.9 Å². The molecule has 0 aromatic heterocycles. The fraction of sp³-hybridized carbons (Fsp3) is 0.290. The molecule has 2 nitrogen and oxygen atoms in total. The van der Waals surface area contributed by atoms with E-state index in [4.69, 9.17) is 0 Å². The molecule has 0 aliphatic heterocycles. The molecular formula is C31H38N2. The minimum atomic E-state index is 1.000. The van der Waals surface area contributed by atoms with Crippen LogP contribution in [0.3, 0.4) is 0 Å². The van der Waals surface area contributed by atoms with Gasteiger partial charge in [-0.2, -0.15) is 0 Å². The first kappa shape index (κ1) is 24.4. The second-order valence-corrected chi connectivity index (χ2v) is 8.27. The van der Waals surface area contributed by atoms with Crippen molar-refractivity contribution in [3.63, 3.8) is 0 Å². The second-order valence-electron chi connectivity index (χ2n) is 8.27. The average molecular weight is 439 g/mol. The minimum Gasteiger partial charge on any atom is -0.375 e. The smallest absolute Gasteiger partial charge is 0.0366 e. The van der Waals surface area contributed by atoms with Crippen molar-refractivity contribution in [2.75, 3.05) is 36.5 Å². The molecule has 2 heteroatoms. The van der Waals surface area contributed by atoms with Gasteiger partial charge in [0.25, 0.3) is 0 Å². The van der Waals surface area contributed by atoms with Gasteiger partial charge in [0.05, 0.1) is 0 Å². The third-order valence-electron chi connectivity index (χ3n) is 6.46. The Morgan fingerprint density at radius 2 is 1.06 bits per heavy atom. The van der Waals surface area contributed by atoms with Crippen LogP contribution in [0.4, 0.5) is 11.4 Å². The largest absolute Gasteiger partial charge is 0.375 e. The fourth-order valence-electron chi connectivity index (χ4n) is 4.37. The van der Waals surface area contributed by atoms with Gasteiger partial charge < -0.3 is 9.80 Å². The van der Waals surface area contributed by atoms with Crippen LogP contribution in [0.2, 0.25) is 0 Å². The lowest BCUT2D eigenvalue weighted by Crippen LogP contribution is -2.21. The molecule has 0 heterocycles. The molecule has 0 unspecified atom stereocenters. The van der Waals surface area contributed by atoms with Crippen molar-refractivity contribution in [1.82, 2.24) is 0 Å². The van der Waals surface area contributed by atoms with E-state index in [0.717, 1.165) is 19.6 Å². The molecular weight excluding hydrogens is 400 g/mol. The minimum absolute atomic E-state index is 1.000. The Morgan fingerprint density at radius 1 is 0.606 bits per heavy atom. The summed E-state index contributed by atoms with van der Waals surface area (Å²) in [6, 6.07) is 26.7. The molecule has 0 aliphatic carbocycles. The molecule has 0 fully saturated rings. The Kier molecular flexibility index (Phi) is 8.54. The zero-order valence-corrected chi connectivity index (χ0v) is 21.1. The molecule has 0 radical (unpaired) electrons. The monoisotopic (exact) mass is 438 g/mol. The summed E-state index contributed by atoms with van der Waals surface area (Å²) in [5.41, 5.74) is 10.0. The van der Waals surface area contributed by atoms with Gasteiger partial charge in [-0.1, -0.05) is 54.6 Å². The van der Waals surface area contributed by atoms with E-state index in [9.17, 15) is 0 Å². The van der Waals surface area contributed by atoms with Crippen LogP contribution < -0.4 is 9.80 Å². The van der Waals surface area contributed by atoms with Crippen LogP contribution in [0, 0.1) is 0 Å². The van der Waals surface area contributed by atoms with E-state index in [1.807, 2.05) is 0 Å². The van der Waals surface area contributed by atoms with E-state index in [-0.39, 0.29) is 0 Å². The van der Waals surface area contributed by atoms with E-state index in [0.29, 0.717) is 0 Å². The Morgan fingerprint density at radius 3 is 1.45 bits per heavy atom. The molecule has 33 heavy (non-hydrogen) atoms. The van der Waals surface area contributed by atoms with Crippen LogP contribution >= 0.6 is 0 Å². The number of hydrogen-bond donors (Lipinski definition) is 0. The van der Waals surface area contributed by atoms with E-state index < -0.39 is 0 Å². The van der Waals surface area contributed by atoms with Crippen LogP contribution in [0.5, 0.6) is 0 Å². The molecule has 0 amide bonds. The molecule has 0 saturated heterocycles. The van der Waals surface area contributed by atoms with Gasteiger partial charge in [-0.3, -0.25) is 0 Å². The number of allylic oxidation sites excluding steroid dienone is 2. The van der Waals surface area contributed by atoms with E-state index >= 15 is 0 Å². The van der Waals surface area contributed by atoms with Crippen molar-refractivity contribution in [2.24, 2.45) is 0 Å². The second kappa shape index (κ2) is 11.6. The molecule has 0 aliphatic rings.